The molecule has 0 atom stereocenters. The normalized spacial score (nSPS) is 14.7. The second-order valence-corrected chi connectivity index (χ2v) is 6.27. The number of amides is 1. The molecule has 9 heteroatoms. The summed E-state index contributed by atoms with van der Waals surface area (Å²) in [4.78, 5) is 16.3. The van der Waals surface area contributed by atoms with E-state index >= 15 is 0 Å². The lowest BCUT2D eigenvalue weighted by molar-refractivity contribution is 0.0996. The van der Waals surface area contributed by atoms with Crippen molar-refractivity contribution in [3.63, 3.8) is 0 Å². The van der Waals surface area contributed by atoms with Crippen LogP contribution in [0.5, 0.6) is 5.75 Å². The molecule has 1 saturated carbocycles. The lowest BCUT2D eigenvalue weighted by Gasteiger charge is -2.34. The molecule has 3 aromatic rings. The molecule has 0 radical (unpaired) electrons. The van der Waals surface area contributed by atoms with E-state index in [2.05, 4.69) is 15.5 Å². The van der Waals surface area contributed by atoms with Gasteiger partial charge >= 0.3 is 0 Å². The molecule has 0 spiro atoms. The van der Waals surface area contributed by atoms with E-state index < -0.39 is 5.54 Å². The van der Waals surface area contributed by atoms with E-state index in [1.54, 1.807) is 36.4 Å². The van der Waals surface area contributed by atoms with Gasteiger partial charge in [0.25, 0.3) is 11.8 Å². The number of carbonyl (C=O) groups is 1. The largest absolute Gasteiger partial charge is 0.484 e. The number of nitrogens with two attached hydrogens (primary N) is 1. The van der Waals surface area contributed by atoms with Gasteiger partial charge < -0.3 is 24.7 Å². The summed E-state index contributed by atoms with van der Waals surface area (Å²) in [6.45, 7) is 0.124. The predicted molar refractivity (Wildman–Crippen MR) is 98.7 cm³/mol. The van der Waals surface area contributed by atoms with Gasteiger partial charge in [0.05, 0.1) is 11.8 Å². The Labute approximate surface area is 161 Å². The first-order valence-corrected chi connectivity index (χ1v) is 8.32. The van der Waals surface area contributed by atoms with E-state index in [1.165, 1.54) is 6.26 Å². The monoisotopic (exact) mass is 390 g/mol. The molecular formula is C18H19ClN4O4. The van der Waals surface area contributed by atoms with Crippen LogP contribution in [-0.4, -0.2) is 16.0 Å². The molecule has 27 heavy (non-hydrogen) atoms. The van der Waals surface area contributed by atoms with Crippen molar-refractivity contribution in [2.24, 2.45) is 5.73 Å². The fraction of sp³-hybridized carbons (Fsp3) is 0.278. The Kier molecular flexibility index (Phi) is 5.48. The zero-order chi connectivity index (χ0) is 18.0. The average Bonchev–Trinajstić information content (AvgIpc) is 3.30. The van der Waals surface area contributed by atoms with Crippen LogP contribution < -0.4 is 15.8 Å². The van der Waals surface area contributed by atoms with Gasteiger partial charge in [0.1, 0.15) is 5.75 Å². The average molecular weight is 391 g/mol. The van der Waals surface area contributed by atoms with Crippen molar-refractivity contribution >= 4 is 24.0 Å². The van der Waals surface area contributed by atoms with Gasteiger partial charge in [-0.15, -0.1) is 12.4 Å². The summed E-state index contributed by atoms with van der Waals surface area (Å²) < 4.78 is 15.9. The van der Waals surface area contributed by atoms with Crippen LogP contribution in [0, 0.1) is 0 Å². The maximum absolute atomic E-state index is 12.0. The van der Waals surface area contributed by atoms with Crippen molar-refractivity contribution in [1.29, 1.82) is 0 Å². The maximum Gasteiger partial charge on any atom is 0.291 e. The summed E-state index contributed by atoms with van der Waals surface area (Å²) in [6, 6.07) is 10.3. The smallest absolute Gasteiger partial charge is 0.291 e. The standard InChI is InChI=1S/C18H18N4O4.ClH/c19-18(7-3-8-18)17-21-15(26-22-17)11-25-13-5-1-4-12(10-13)20-16(23)14-6-2-9-24-14;/h1-2,4-6,9-10H,3,7-8,11,19H2,(H,20,23);1H. The lowest BCUT2D eigenvalue weighted by atomic mass is 9.77. The minimum Gasteiger partial charge on any atom is -0.484 e. The van der Waals surface area contributed by atoms with Crippen LogP contribution in [0.4, 0.5) is 5.69 Å². The molecular weight excluding hydrogens is 372 g/mol. The molecule has 1 aliphatic carbocycles. The fourth-order valence-electron chi connectivity index (χ4n) is 2.71. The van der Waals surface area contributed by atoms with Crippen molar-refractivity contribution in [1.82, 2.24) is 10.1 Å². The van der Waals surface area contributed by atoms with Gasteiger partial charge in [0.15, 0.2) is 18.2 Å². The predicted octanol–water partition coefficient (Wildman–Crippen LogP) is 3.25. The molecule has 1 aromatic carbocycles. The summed E-state index contributed by atoms with van der Waals surface area (Å²) in [5.41, 5.74) is 6.31. The Morgan fingerprint density at radius 1 is 1.30 bits per heavy atom. The number of rotatable bonds is 6. The van der Waals surface area contributed by atoms with Gasteiger partial charge in [-0.05, 0) is 43.5 Å². The molecule has 0 unspecified atom stereocenters. The highest BCUT2D eigenvalue weighted by Crippen LogP contribution is 2.36. The molecule has 2 aromatic heterocycles. The molecule has 1 amide bonds. The van der Waals surface area contributed by atoms with Crippen LogP contribution in [0.2, 0.25) is 0 Å². The highest BCUT2D eigenvalue weighted by molar-refractivity contribution is 6.02. The number of halogens is 1. The first-order chi connectivity index (χ1) is 12.6. The Morgan fingerprint density at radius 3 is 2.85 bits per heavy atom. The van der Waals surface area contributed by atoms with Crippen LogP contribution in [0.15, 0.2) is 51.6 Å². The van der Waals surface area contributed by atoms with Crippen molar-refractivity contribution in [3.05, 3.63) is 60.1 Å². The van der Waals surface area contributed by atoms with Crippen molar-refractivity contribution in [3.8, 4) is 5.75 Å². The van der Waals surface area contributed by atoms with Gasteiger partial charge in [0, 0.05) is 11.8 Å². The zero-order valence-corrected chi connectivity index (χ0v) is 15.2. The summed E-state index contributed by atoms with van der Waals surface area (Å²) in [7, 11) is 0. The van der Waals surface area contributed by atoms with E-state index in [9.17, 15) is 4.79 Å². The van der Waals surface area contributed by atoms with Gasteiger partial charge in [-0.2, -0.15) is 4.98 Å². The van der Waals surface area contributed by atoms with Crippen LogP contribution >= 0.6 is 12.4 Å². The molecule has 142 valence electrons. The zero-order valence-electron chi connectivity index (χ0n) is 14.4. The number of ether oxygens (including phenoxy) is 1. The summed E-state index contributed by atoms with van der Waals surface area (Å²) in [6.07, 6.45) is 4.25. The number of anilines is 1. The van der Waals surface area contributed by atoms with Crippen LogP contribution in [0.25, 0.3) is 0 Å². The second-order valence-electron chi connectivity index (χ2n) is 6.27. The third kappa shape index (κ3) is 4.12. The van der Waals surface area contributed by atoms with Crippen LogP contribution in [0.1, 0.15) is 41.5 Å². The molecule has 3 N–H and O–H groups in total. The maximum atomic E-state index is 12.0. The van der Waals surface area contributed by atoms with Gasteiger partial charge in [-0.1, -0.05) is 11.2 Å². The van der Waals surface area contributed by atoms with Crippen molar-refractivity contribution < 1.29 is 18.5 Å². The van der Waals surface area contributed by atoms with E-state index in [4.69, 9.17) is 19.4 Å². The van der Waals surface area contributed by atoms with Gasteiger partial charge in [-0.25, -0.2) is 0 Å². The number of nitrogens with zero attached hydrogens (tertiary/aromatic N) is 2. The molecule has 4 rings (SSSR count). The molecule has 1 fully saturated rings. The molecule has 2 heterocycles. The van der Waals surface area contributed by atoms with E-state index in [0.717, 1.165) is 19.3 Å². The Balaban J connectivity index is 0.00000210. The van der Waals surface area contributed by atoms with E-state index in [0.29, 0.717) is 23.2 Å². The quantitative estimate of drug-likeness (QED) is 0.663. The fourth-order valence-corrected chi connectivity index (χ4v) is 2.71. The highest BCUT2D eigenvalue weighted by Gasteiger charge is 2.38. The van der Waals surface area contributed by atoms with Gasteiger partial charge in [-0.3, -0.25) is 4.79 Å². The third-order valence-corrected chi connectivity index (χ3v) is 4.36. The van der Waals surface area contributed by atoms with Gasteiger partial charge in [0.2, 0.25) is 0 Å². The number of hydrogen-bond acceptors (Lipinski definition) is 7. The Morgan fingerprint density at radius 2 is 2.15 bits per heavy atom. The Bertz CT molecular complexity index is 906. The first kappa shape index (κ1) is 18.9. The molecule has 0 aliphatic heterocycles. The summed E-state index contributed by atoms with van der Waals surface area (Å²) in [5, 5.41) is 6.69. The summed E-state index contributed by atoms with van der Waals surface area (Å²) >= 11 is 0. The van der Waals surface area contributed by atoms with E-state index in [1.807, 2.05) is 0 Å². The number of carbonyl (C=O) groups excluding carboxylic acids is 1. The minimum atomic E-state index is -0.461. The number of furan rings is 1. The van der Waals surface area contributed by atoms with E-state index in [-0.39, 0.29) is 30.7 Å². The molecule has 8 nitrogen and oxygen atoms in total. The van der Waals surface area contributed by atoms with Crippen molar-refractivity contribution in [2.75, 3.05) is 5.32 Å². The number of hydrogen-bond donors (Lipinski definition) is 2. The Hall–Kier alpha value is -2.84. The number of benzene rings is 1. The highest BCUT2D eigenvalue weighted by atomic mass is 35.5. The minimum absolute atomic E-state index is 0. The van der Waals surface area contributed by atoms with Crippen LogP contribution in [0.3, 0.4) is 0 Å². The number of aromatic nitrogens is 2. The summed E-state index contributed by atoms with van der Waals surface area (Å²) in [5.74, 6) is 1.36. The molecule has 0 bridgehead atoms. The SMILES string of the molecule is Cl.NC1(c2noc(COc3cccc(NC(=O)c4ccco4)c3)n2)CCC1. The topological polar surface area (TPSA) is 116 Å². The second kappa shape index (κ2) is 7.81. The molecule has 0 saturated heterocycles. The first-order valence-electron chi connectivity index (χ1n) is 8.32. The molecule has 1 aliphatic rings. The van der Waals surface area contributed by atoms with Crippen LogP contribution in [-0.2, 0) is 12.1 Å². The van der Waals surface area contributed by atoms with Crippen molar-refractivity contribution in [2.45, 2.75) is 31.4 Å². The lowest BCUT2D eigenvalue weighted by Crippen LogP contribution is -2.44. The number of nitrogens with one attached hydrogen (secondary N) is 1. The third-order valence-electron chi connectivity index (χ3n) is 4.36.